The Morgan fingerprint density at radius 1 is 1.17 bits per heavy atom. The van der Waals surface area contributed by atoms with E-state index in [9.17, 15) is 0 Å². The van der Waals surface area contributed by atoms with Gasteiger partial charge in [-0.1, -0.05) is 0 Å². The van der Waals surface area contributed by atoms with Crippen molar-refractivity contribution in [3.63, 3.8) is 0 Å². The van der Waals surface area contributed by atoms with Gasteiger partial charge in [-0.25, -0.2) is 14.6 Å². The third-order valence-corrected chi connectivity index (χ3v) is 3.13. The molecule has 3 rings (SSSR count). The molecule has 3 aromatic rings. The van der Waals surface area contributed by atoms with Gasteiger partial charge in [0.15, 0.2) is 5.82 Å². The predicted octanol–water partition coefficient (Wildman–Crippen LogP) is 2.38. The first-order chi connectivity index (χ1) is 11.1. The summed E-state index contributed by atoms with van der Waals surface area (Å²) in [5, 5.41) is 12.1. The van der Waals surface area contributed by atoms with Crippen LogP contribution in [0, 0.1) is 13.8 Å². The van der Waals surface area contributed by atoms with Crippen molar-refractivity contribution in [3.05, 3.63) is 47.8 Å². The lowest BCUT2D eigenvalue weighted by Gasteiger charge is -2.03. The second kappa shape index (κ2) is 6.35. The van der Waals surface area contributed by atoms with E-state index in [0.29, 0.717) is 17.3 Å². The first-order valence-electron chi connectivity index (χ1n) is 7.06. The highest BCUT2D eigenvalue weighted by Gasteiger charge is 2.06. The molecule has 0 saturated heterocycles. The molecule has 0 atom stereocenters. The summed E-state index contributed by atoms with van der Waals surface area (Å²) in [5.41, 5.74) is 2.72. The zero-order valence-electron chi connectivity index (χ0n) is 13.1. The molecule has 7 nitrogen and oxygen atoms in total. The Bertz CT molecular complexity index is 855. The molecule has 0 aliphatic heterocycles. The zero-order chi connectivity index (χ0) is 16.2. The van der Waals surface area contributed by atoms with E-state index in [-0.39, 0.29) is 0 Å². The Balaban J connectivity index is 1.84. The van der Waals surface area contributed by atoms with Gasteiger partial charge in [0.1, 0.15) is 17.9 Å². The molecule has 0 aliphatic rings. The van der Waals surface area contributed by atoms with E-state index in [1.54, 1.807) is 43.5 Å². The van der Waals surface area contributed by atoms with Crippen molar-refractivity contribution in [2.75, 3.05) is 7.11 Å². The van der Waals surface area contributed by atoms with Crippen LogP contribution in [-0.2, 0) is 0 Å². The fourth-order valence-electron chi connectivity index (χ4n) is 2.12. The molecule has 0 radical (unpaired) electrons. The predicted molar refractivity (Wildman–Crippen MR) is 86.5 cm³/mol. The van der Waals surface area contributed by atoms with E-state index in [1.807, 2.05) is 25.1 Å². The molecule has 2 aromatic heterocycles. The molecule has 0 bridgehead atoms. The average Bonchev–Trinajstić information content (AvgIpc) is 3.01. The van der Waals surface area contributed by atoms with Gasteiger partial charge in [0, 0.05) is 11.8 Å². The van der Waals surface area contributed by atoms with Crippen LogP contribution in [0.15, 0.2) is 30.7 Å². The van der Waals surface area contributed by atoms with Gasteiger partial charge in [-0.2, -0.15) is 5.10 Å². The Labute approximate surface area is 133 Å². The lowest BCUT2D eigenvalue weighted by molar-refractivity contribution is 0.414. The Morgan fingerprint density at radius 3 is 2.83 bits per heavy atom. The molecule has 1 aromatic carbocycles. The summed E-state index contributed by atoms with van der Waals surface area (Å²) in [6.45, 7) is 3.80. The fraction of sp³-hybridized carbons (Fsp3) is 0.188. The molecule has 0 aliphatic carbocycles. The van der Waals surface area contributed by atoms with Crippen LogP contribution in [0.2, 0.25) is 0 Å². The Morgan fingerprint density at radius 2 is 2.04 bits per heavy atom. The number of hydrogen-bond donors (Lipinski definition) is 0. The lowest BCUT2D eigenvalue weighted by Crippen LogP contribution is -1.93. The summed E-state index contributed by atoms with van der Waals surface area (Å²) in [7, 11) is 1.64. The quantitative estimate of drug-likeness (QED) is 0.736. The third kappa shape index (κ3) is 3.57. The number of hydrogen-bond acceptors (Lipinski definition) is 6. The number of aryl methyl sites for hydroxylation is 2. The lowest BCUT2D eigenvalue weighted by atomic mass is 10.1. The van der Waals surface area contributed by atoms with Gasteiger partial charge in [-0.3, -0.25) is 0 Å². The maximum Gasteiger partial charge on any atom is 0.181 e. The largest absolute Gasteiger partial charge is 0.497 e. The van der Waals surface area contributed by atoms with E-state index in [4.69, 9.17) is 4.74 Å². The van der Waals surface area contributed by atoms with Crippen LogP contribution in [0.4, 0.5) is 0 Å². The van der Waals surface area contributed by atoms with Gasteiger partial charge in [-0.05, 0) is 43.7 Å². The van der Waals surface area contributed by atoms with Gasteiger partial charge < -0.3 is 4.74 Å². The summed E-state index contributed by atoms with van der Waals surface area (Å²) < 4.78 is 6.91. The van der Waals surface area contributed by atoms with Crippen molar-refractivity contribution < 1.29 is 4.74 Å². The van der Waals surface area contributed by atoms with Gasteiger partial charge >= 0.3 is 0 Å². The summed E-state index contributed by atoms with van der Waals surface area (Å²) in [5.74, 6) is 2.04. The van der Waals surface area contributed by atoms with Gasteiger partial charge in [-0.15, -0.1) is 10.2 Å². The van der Waals surface area contributed by atoms with Crippen LogP contribution >= 0.6 is 0 Å². The monoisotopic (exact) mass is 308 g/mol. The molecule has 23 heavy (non-hydrogen) atoms. The van der Waals surface area contributed by atoms with Crippen LogP contribution in [0.25, 0.3) is 23.7 Å². The van der Waals surface area contributed by atoms with E-state index in [2.05, 4.69) is 25.3 Å². The van der Waals surface area contributed by atoms with E-state index >= 15 is 0 Å². The fourth-order valence-corrected chi connectivity index (χ4v) is 2.12. The number of aromatic nitrogens is 6. The van der Waals surface area contributed by atoms with Crippen LogP contribution < -0.4 is 4.74 Å². The molecule has 0 fully saturated rings. The zero-order valence-corrected chi connectivity index (χ0v) is 13.1. The van der Waals surface area contributed by atoms with Crippen LogP contribution in [-0.4, -0.2) is 37.1 Å². The molecule has 0 N–H and O–H groups in total. The SMILES string of the molecule is COc1cc(C)cc(-c2ncn(/C=C\c3cnnc(C)n3)n2)c1. The molecular weight excluding hydrogens is 292 g/mol. The van der Waals surface area contributed by atoms with E-state index in [0.717, 1.165) is 16.9 Å². The molecule has 2 heterocycles. The minimum atomic E-state index is 0.623. The van der Waals surface area contributed by atoms with Crippen LogP contribution in [0.3, 0.4) is 0 Å². The highest BCUT2D eigenvalue weighted by atomic mass is 16.5. The number of methoxy groups -OCH3 is 1. The van der Waals surface area contributed by atoms with Crippen molar-refractivity contribution in [3.8, 4) is 17.1 Å². The molecule has 0 amide bonds. The minimum Gasteiger partial charge on any atom is -0.497 e. The highest BCUT2D eigenvalue weighted by molar-refractivity contribution is 5.60. The summed E-state index contributed by atoms with van der Waals surface area (Å²) in [6, 6.07) is 5.89. The van der Waals surface area contributed by atoms with E-state index < -0.39 is 0 Å². The third-order valence-electron chi connectivity index (χ3n) is 3.13. The molecule has 0 spiro atoms. The Kier molecular flexibility index (Phi) is 4.09. The van der Waals surface area contributed by atoms with Crippen LogP contribution in [0.5, 0.6) is 5.75 Å². The van der Waals surface area contributed by atoms with Crippen molar-refractivity contribution in [2.24, 2.45) is 0 Å². The first-order valence-corrected chi connectivity index (χ1v) is 7.06. The minimum absolute atomic E-state index is 0.623. The normalized spacial score (nSPS) is 11.1. The van der Waals surface area contributed by atoms with Gasteiger partial charge in [0.05, 0.1) is 19.0 Å². The van der Waals surface area contributed by atoms with E-state index in [1.165, 1.54) is 0 Å². The number of ether oxygens (including phenoxy) is 1. The highest BCUT2D eigenvalue weighted by Crippen LogP contribution is 2.23. The van der Waals surface area contributed by atoms with Crippen molar-refractivity contribution in [2.45, 2.75) is 13.8 Å². The Hall–Kier alpha value is -3.09. The summed E-state index contributed by atoms with van der Waals surface area (Å²) >= 11 is 0. The molecule has 116 valence electrons. The maximum atomic E-state index is 5.28. The second-order valence-electron chi connectivity index (χ2n) is 5.03. The standard InChI is InChI=1S/C16H16N6O/c1-11-6-13(8-15(7-11)23-3)16-17-10-22(21-16)5-4-14-9-18-20-12(2)19-14/h4-10H,1-3H3/b5-4-. The van der Waals surface area contributed by atoms with Gasteiger partial charge in [0.2, 0.25) is 0 Å². The summed E-state index contributed by atoms with van der Waals surface area (Å²) in [4.78, 5) is 8.58. The van der Waals surface area contributed by atoms with Crippen molar-refractivity contribution in [1.82, 2.24) is 29.9 Å². The number of benzene rings is 1. The molecule has 0 saturated carbocycles. The smallest absolute Gasteiger partial charge is 0.181 e. The maximum absolute atomic E-state index is 5.28. The summed E-state index contributed by atoms with van der Waals surface area (Å²) in [6.07, 6.45) is 6.80. The van der Waals surface area contributed by atoms with Crippen LogP contribution in [0.1, 0.15) is 17.1 Å². The van der Waals surface area contributed by atoms with Crippen molar-refractivity contribution >= 4 is 12.3 Å². The first kappa shape index (κ1) is 14.8. The number of rotatable bonds is 4. The molecule has 0 unspecified atom stereocenters. The van der Waals surface area contributed by atoms with Crippen molar-refractivity contribution in [1.29, 1.82) is 0 Å². The van der Waals surface area contributed by atoms with Gasteiger partial charge in [0.25, 0.3) is 0 Å². The molecular formula is C16H16N6O. The second-order valence-corrected chi connectivity index (χ2v) is 5.03. The molecule has 7 heteroatoms. The number of nitrogens with zero attached hydrogens (tertiary/aromatic N) is 6. The average molecular weight is 308 g/mol. The topological polar surface area (TPSA) is 78.6 Å².